The molecule has 4 nitrogen and oxygen atoms in total. The number of hydrogen-bond acceptors (Lipinski definition) is 3. The van der Waals surface area contributed by atoms with Crippen LogP contribution in [0.4, 0.5) is 0 Å². The molecule has 4 heteroatoms. The molecular formula is C17H27N3O. The zero-order chi connectivity index (χ0) is 15.7. The highest BCUT2D eigenvalue weighted by atomic mass is 16.3. The van der Waals surface area contributed by atoms with Crippen molar-refractivity contribution in [3.8, 4) is 6.07 Å². The monoisotopic (exact) mass is 289 g/mol. The molecule has 1 heterocycles. The molecule has 0 aliphatic heterocycles. The quantitative estimate of drug-likeness (QED) is 0.923. The van der Waals surface area contributed by atoms with E-state index in [1.807, 2.05) is 11.5 Å². The summed E-state index contributed by atoms with van der Waals surface area (Å²) in [5.74, 6) is 0.627. The summed E-state index contributed by atoms with van der Waals surface area (Å²) in [6.07, 6.45) is 6.23. The summed E-state index contributed by atoms with van der Waals surface area (Å²) in [5.41, 5.74) is 0.389. The van der Waals surface area contributed by atoms with Crippen molar-refractivity contribution in [1.29, 1.82) is 5.26 Å². The lowest BCUT2D eigenvalue weighted by Crippen LogP contribution is -2.36. The van der Waals surface area contributed by atoms with Crippen molar-refractivity contribution in [1.82, 2.24) is 9.55 Å². The van der Waals surface area contributed by atoms with Gasteiger partial charge in [0.2, 0.25) is 0 Å². The van der Waals surface area contributed by atoms with Crippen LogP contribution in [0.3, 0.4) is 0 Å². The Balaban J connectivity index is 2.19. The fourth-order valence-electron chi connectivity index (χ4n) is 3.55. The second-order valence-electron chi connectivity index (χ2n) is 7.42. The van der Waals surface area contributed by atoms with Crippen LogP contribution >= 0.6 is 0 Å². The largest absolute Gasteiger partial charge is 0.385 e. The van der Waals surface area contributed by atoms with Gasteiger partial charge in [0.25, 0.3) is 0 Å². The van der Waals surface area contributed by atoms with Crippen LogP contribution in [-0.2, 0) is 6.54 Å². The molecule has 0 bridgehead atoms. The topological polar surface area (TPSA) is 61.8 Å². The first-order chi connectivity index (χ1) is 9.84. The van der Waals surface area contributed by atoms with Gasteiger partial charge >= 0.3 is 0 Å². The van der Waals surface area contributed by atoms with Crippen molar-refractivity contribution in [3.05, 3.63) is 18.2 Å². The van der Waals surface area contributed by atoms with Gasteiger partial charge in [0.05, 0.1) is 29.7 Å². The predicted molar refractivity (Wildman–Crippen MR) is 82.3 cm³/mol. The van der Waals surface area contributed by atoms with Crippen molar-refractivity contribution in [3.63, 3.8) is 0 Å². The molecule has 0 amide bonds. The number of aromatic nitrogens is 2. The molecule has 1 N–H and O–H groups in total. The van der Waals surface area contributed by atoms with E-state index >= 15 is 0 Å². The molecule has 1 fully saturated rings. The van der Waals surface area contributed by atoms with Crippen LogP contribution in [0.15, 0.2) is 12.5 Å². The zero-order valence-electron chi connectivity index (χ0n) is 13.6. The number of imidazole rings is 1. The zero-order valence-corrected chi connectivity index (χ0v) is 13.6. The van der Waals surface area contributed by atoms with Crippen molar-refractivity contribution in [2.24, 2.45) is 16.7 Å². The van der Waals surface area contributed by atoms with Gasteiger partial charge in [0, 0.05) is 6.54 Å². The van der Waals surface area contributed by atoms with Crippen LogP contribution in [-0.4, -0.2) is 14.7 Å². The molecule has 1 unspecified atom stereocenters. The Morgan fingerprint density at radius 3 is 2.57 bits per heavy atom. The van der Waals surface area contributed by atoms with E-state index in [1.165, 1.54) is 0 Å². The molecule has 1 saturated carbocycles. The smallest absolute Gasteiger partial charge is 0.114 e. The number of rotatable bonds is 3. The summed E-state index contributed by atoms with van der Waals surface area (Å²) in [7, 11) is 0. The molecule has 1 aromatic rings. The van der Waals surface area contributed by atoms with Crippen LogP contribution in [0.1, 0.15) is 65.2 Å². The number of nitriles is 1. The van der Waals surface area contributed by atoms with Crippen molar-refractivity contribution < 1.29 is 5.11 Å². The first-order valence-electron chi connectivity index (χ1n) is 7.93. The van der Waals surface area contributed by atoms with Crippen LogP contribution in [0.5, 0.6) is 0 Å². The molecule has 0 aromatic carbocycles. The standard InChI is InChI=1S/C17H27N3O/c1-5-20-12-19-10-14(20)15(21)17(11-18)8-6-13(7-9-17)16(2,3)4/h10,12-13,15,21H,5-9H2,1-4H3. The maximum absolute atomic E-state index is 10.8. The fraction of sp³-hybridized carbons (Fsp3) is 0.765. The van der Waals surface area contributed by atoms with Crippen LogP contribution in [0.25, 0.3) is 0 Å². The molecule has 1 aliphatic carbocycles. The molecule has 21 heavy (non-hydrogen) atoms. The lowest BCUT2D eigenvalue weighted by Gasteiger charge is -2.42. The summed E-state index contributed by atoms with van der Waals surface area (Å²) in [4.78, 5) is 4.12. The molecule has 1 atom stereocenters. The van der Waals surface area contributed by atoms with Crippen molar-refractivity contribution >= 4 is 0 Å². The Bertz CT molecular complexity index is 513. The summed E-state index contributed by atoms with van der Waals surface area (Å²) < 4.78 is 1.93. The average Bonchev–Trinajstić information content (AvgIpc) is 2.93. The average molecular weight is 289 g/mol. The van der Waals surface area contributed by atoms with E-state index in [2.05, 4.69) is 31.8 Å². The number of hydrogen-bond donors (Lipinski definition) is 1. The van der Waals surface area contributed by atoms with Crippen LogP contribution < -0.4 is 0 Å². The highest BCUT2D eigenvalue weighted by molar-refractivity contribution is 5.16. The Morgan fingerprint density at radius 1 is 1.48 bits per heavy atom. The fourth-order valence-corrected chi connectivity index (χ4v) is 3.55. The Hall–Kier alpha value is -1.34. The van der Waals surface area contributed by atoms with Crippen molar-refractivity contribution in [2.45, 2.75) is 66.0 Å². The van der Waals surface area contributed by atoms with Gasteiger partial charge in [-0.3, -0.25) is 0 Å². The Kier molecular flexibility index (Phi) is 4.43. The van der Waals surface area contributed by atoms with Crippen LogP contribution in [0, 0.1) is 28.1 Å². The van der Waals surface area contributed by atoms with Crippen molar-refractivity contribution in [2.75, 3.05) is 0 Å². The van der Waals surface area contributed by atoms with Gasteiger partial charge in [-0.2, -0.15) is 5.26 Å². The highest BCUT2D eigenvalue weighted by Gasteiger charge is 2.45. The maximum Gasteiger partial charge on any atom is 0.114 e. The van der Waals surface area contributed by atoms with E-state index < -0.39 is 11.5 Å². The summed E-state index contributed by atoms with van der Waals surface area (Å²) in [6, 6.07) is 2.44. The lowest BCUT2D eigenvalue weighted by molar-refractivity contribution is 0.00406. The maximum atomic E-state index is 10.8. The van der Waals surface area contributed by atoms with Gasteiger partial charge in [0.1, 0.15) is 6.10 Å². The van der Waals surface area contributed by atoms with Gasteiger partial charge in [-0.05, 0) is 43.9 Å². The Morgan fingerprint density at radius 2 is 2.10 bits per heavy atom. The highest BCUT2D eigenvalue weighted by Crippen LogP contribution is 2.50. The molecule has 116 valence electrons. The molecule has 1 aliphatic rings. The van der Waals surface area contributed by atoms with Gasteiger partial charge < -0.3 is 9.67 Å². The molecular weight excluding hydrogens is 262 g/mol. The van der Waals surface area contributed by atoms with Gasteiger partial charge in [-0.25, -0.2) is 4.98 Å². The van der Waals surface area contributed by atoms with E-state index in [4.69, 9.17) is 0 Å². The minimum Gasteiger partial charge on any atom is -0.385 e. The predicted octanol–water partition coefficient (Wildman–Crippen LogP) is 3.68. The first-order valence-corrected chi connectivity index (χ1v) is 7.93. The third kappa shape index (κ3) is 2.98. The lowest BCUT2D eigenvalue weighted by atomic mass is 9.62. The van der Waals surface area contributed by atoms with Gasteiger partial charge in [-0.1, -0.05) is 20.8 Å². The first kappa shape index (κ1) is 16.0. The second-order valence-corrected chi connectivity index (χ2v) is 7.42. The minimum atomic E-state index is -0.745. The molecule has 0 spiro atoms. The SMILES string of the molecule is CCn1cncc1C(O)C1(C#N)CCC(C(C)(C)C)CC1. The number of nitrogens with zero attached hydrogens (tertiary/aromatic N) is 3. The third-order valence-corrected chi connectivity index (χ3v) is 5.21. The molecule has 0 radical (unpaired) electrons. The summed E-state index contributed by atoms with van der Waals surface area (Å²) in [5, 5.41) is 20.5. The van der Waals surface area contributed by atoms with Crippen LogP contribution in [0.2, 0.25) is 0 Å². The second kappa shape index (κ2) is 5.81. The third-order valence-electron chi connectivity index (χ3n) is 5.21. The number of aliphatic hydroxyl groups is 1. The molecule has 0 saturated heterocycles. The van der Waals surface area contributed by atoms with E-state index in [1.54, 1.807) is 12.5 Å². The summed E-state index contributed by atoms with van der Waals surface area (Å²) in [6.45, 7) is 9.57. The summed E-state index contributed by atoms with van der Waals surface area (Å²) >= 11 is 0. The van der Waals surface area contributed by atoms with Gasteiger partial charge in [-0.15, -0.1) is 0 Å². The molecule has 1 aromatic heterocycles. The van der Waals surface area contributed by atoms with E-state index in [0.29, 0.717) is 5.92 Å². The van der Waals surface area contributed by atoms with E-state index in [0.717, 1.165) is 37.9 Å². The number of aliphatic hydroxyl groups excluding tert-OH is 1. The molecule has 2 rings (SSSR count). The van der Waals surface area contributed by atoms with E-state index in [-0.39, 0.29) is 5.41 Å². The van der Waals surface area contributed by atoms with Gasteiger partial charge in [0.15, 0.2) is 0 Å². The number of aryl methyl sites for hydroxylation is 1. The van der Waals surface area contributed by atoms with E-state index in [9.17, 15) is 10.4 Å². The normalized spacial score (nSPS) is 28.1. The Labute approximate surface area is 127 Å². The minimum absolute atomic E-state index is 0.276.